The fourth-order valence-corrected chi connectivity index (χ4v) is 4.33. The van der Waals surface area contributed by atoms with E-state index < -0.39 is 0 Å². The number of rotatable bonds is 4. The predicted octanol–water partition coefficient (Wildman–Crippen LogP) is 2.44. The molecule has 26 heavy (non-hydrogen) atoms. The molecule has 8 heteroatoms. The lowest BCUT2D eigenvalue weighted by Gasteiger charge is -2.32. The van der Waals surface area contributed by atoms with E-state index in [-0.39, 0.29) is 11.9 Å². The van der Waals surface area contributed by atoms with Crippen LogP contribution < -0.4 is 15.0 Å². The Morgan fingerprint density at radius 1 is 1.42 bits per heavy atom. The molecule has 3 aromatic rings. The zero-order valence-electron chi connectivity index (χ0n) is 14.8. The van der Waals surface area contributed by atoms with Crippen LogP contribution in [0.1, 0.15) is 23.3 Å². The van der Waals surface area contributed by atoms with E-state index in [1.54, 1.807) is 35.5 Å². The molecule has 0 bridgehead atoms. The first-order valence-corrected chi connectivity index (χ1v) is 9.43. The number of carbonyl (C=O) groups is 1. The maximum atomic E-state index is 12.4. The number of piperidine rings is 1. The monoisotopic (exact) mass is 371 g/mol. The molecule has 1 unspecified atom stereocenters. The lowest BCUT2D eigenvalue weighted by molar-refractivity contribution is 0.0925. The Labute approximate surface area is 155 Å². The molecule has 1 saturated heterocycles. The summed E-state index contributed by atoms with van der Waals surface area (Å²) in [6, 6.07) is 6.07. The number of nitrogens with one attached hydrogen (secondary N) is 1. The zero-order valence-corrected chi connectivity index (χ0v) is 15.6. The smallest absolute Gasteiger partial charge is 0.269 e. The van der Waals surface area contributed by atoms with Crippen LogP contribution >= 0.6 is 11.3 Å². The average Bonchev–Trinajstić information content (AvgIpc) is 3.27. The minimum Gasteiger partial charge on any atom is -0.494 e. The van der Waals surface area contributed by atoms with Crippen LogP contribution in [-0.4, -0.2) is 46.7 Å². The number of benzene rings is 1. The summed E-state index contributed by atoms with van der Waals surface area (Å²) < 4.78 is 8.26. The first kappa shape index (κ1) is 16.8. The molecule has 0 spiro atoms. The molecule has 0 saturated carbocycles. The van der Waals surface area contributed by atoms with Gasteiger partial charge in [-0.3, -0.25) is 4.79 Å². The SMILES string of the molecule is COc1cccc2sc(N3CCCC(NC(=O)c4cncn4C)C3)nc12. The van der Waals surface area contributed by atoms with Crippen molar-refractivity contribution in [2.75, 3.05) is 25.1 Å². The number of thiazole rings is 1. The van der Waals surface area contributed by atoms with Crippen molar-refractivity contribution in [3.8, 4) is 5.75 Å². The molecule has 1 aliphatic heterocycles. The summed E-state index contributed by atoms with van der Waals surface area (Å²) in [5.41, 5.74) is 1.47. The highest BCUT2D eigenvalue weighted by molar-refractivity contribution is 7.22. The van der Waals surface area contributed by atoms with Gasteiger partial charge in [-0.15, -0.1) is 0 Å². The Hall–Kier alpha value is -2.61. The molecule has 0 radical (unpaired) electrons. The van der Waals surface area contributed by atoms with E-state index in [2.05, 4.69) is 21.3 Å². The molecule has 1 N–H and O–H groups in total. The van der Waals surface area contributed by atoms with Gasteiger partial charge in [0.25, 0.3) is 5.91 Å². The molecular weight excluding hydrogens is 350 g/mol. The molecule has 136 valence electrons. The van der Waals surface area contributed by atoms with Gasteiger partial charge in [0.15, 0.2) is 5.13 Å². The molecule has 0 aliphatic carbocycles. The Balaban J connectivity index is 1.50. The van der Waals surface area contributed by atoms with E-state index in [0.29, 0.717) is 5.69 Å². The van der Waals surface area contributed by atoms with Crippen LogP contribution in [0.25, 0.3) is 10.2 Å². The van der Waals surface area contributed by atoms with Gasteiger partial charge in [-0.05, 0) is 25.0 Å². The Morgan fingerprint density at radius 3 is 3.08 bits per heavy atom. The summed E-state index contributed by atoms with van der Waals surface area (Å²) in [6.07, 6.45) is 5.21. The normalized spacial score (nSPS) is 17.5. The zero-order chi connectivity index (χ0) is 18.1. The van der Waals surface area contributed by atoms with E-state index in [9.17, 15) is 4.79 Å². The third kappa shape index (κ3) is 3.12. The van der Waals surface area contributed by atoms with Gasteiger partial charge in [0, 0.05) is 26.2 Å². The second kappa shape index (κ2) is 6.95. The molecular formula is C18H21N5O2S. The van der Waals surface area contributed by atoms with Crippen molar-refractivity contribution >= 4 is 32.6 Å². The molecule has 1 atom stereocenters. The van der Waals surface area contributed by atoms with Gasteiger partial charge in [0.1, 0.15) is 17.0 Å². The van der Waals surface area contributed by atoms with Crippen molar-refractivity contribution in [3.63, 3.8) is 0 Å². The molecule has 4 rings (SSSR count). The number of para-hydroxylation sites is 1. The van der Waals surface area contributed by atoms with Gasteiger partial charge in [-0.2, -0.15) is 0 Å². The van der Waals surface area contributed by atoms with Crippen molar-refractivity contribution < 1.29 is 9.53 Å². The number of methoxy groups -OCH3 is 1. The summed E-state index contributed by atoms with van der Waals surface area (Å²) in [7, 11) is 3.49. The highest BCUT2D eigenvalue weighted by atomic mass is 32.1. The molecule has 1 aromatic carbocycles. The maximum Gasteiger partial charge on any atom is 0.269 e. The number of hydrogen-bond donors (Lipinski definition) is 1. The number of aryl methyl sites for hydroxylation is 1. The summed E-state index contributed by atoms with van der Waals surface area (Å²) in [5.74, 6) is 0.714. The van der Waals surface area contributed by atoms with Crippen LogP contribution in [0.3, 0.4) is 0 Å². The highest BCUT2D eigenvalue weighted by Gasteiger charge is 2.25. The van der Waals surface area contributed by atoms with E-state index in [1.165, 1.54) is 0 Å². The van der Waals surface area contributed by atoms with Gasteiger partial charge >= 0.3 is 0 Å². The number of anilines is 1. The predicted molar refractivity (Wildman–Crippen MR) is 102 cm³/mol. The number of ether oxygens (including phenoxy) is 1. The topological polar surface area (TPSA) is 72.3 Å². The number of nitrogens with zero attached hydrogens (tertiary/aromatic N) is 4. The Bertz CT molecular complexity index is 935. The van der Waals surface area contributed by atoms with Crippen LogP contribution in [0.5, 0.6) is 5.75 Å². The van der Waals surface area contributed by atoms with Crippen molar-refractivity contribution in [2.24, 2.45) is 7.05 Å². The second-order valence-corrected chi connectivity index (χ2v) is 7.46. The number of aromatic nitrogens is 3. The van der Waals surface area contributed by atoms with Gasteiger partial charge in [0.2, 0.25) is 0 Å². The average molecular weight is 371 g/mol. The Morgan fingerprint density at radius 2 is 2.31 bits per heavy atom. The molecule has 1 fully saturated rings. The van der Waals surface area contributed by atoms with Crippen LogP contribution in [0.4, 0.5) is 5.13 Å². The van der Waals surface area contributed by atoms with Crippen molar-refractivity contribution in [3.05, 3.63) is 36.4 Å². The summed E-state index contributed by atoms with van der Waals surface area (Å²) in [5, 5.41) is 4.10. The van der Waals surface area contributed by atoms with Gasteiger partial charge < -0.3 is 19.5 Å². The minimum atomic E-state index is -0.0807. The first-order valence-electron chi connectivity index (χ1n) is 8.61. The van der Waals surface area contributed by atoms with Crippen molar-refractivity contribution in [1.29, 1.82) is 0 Å². The van der Waals surface area contributed by atoms with Crippen LogP contribution in [0.2, 0.25) is 0 Å². The van der Waals surface area contributed by atoms with Crippen LogP contribution in [0.15, 0.2) is 30.7 Å². The number of amides is 1. The second-order valence-electron chi connectivity index (χ2n) is 6.45. The number of fused-ring (bicyclic) bond motifs is 1. The number of carbonyl (C=O) groups excluding carboxylic acids is 1. The van der Waals surface area contributed by atoms with Gasteiger partial charge in [-0.25, -0.2) is 9.97 Å². The molecule has 2 aromatic heterocycles. The number of hydrogen-bond acceptors (Lipinski definition) is 6. The summed E-state index contributed by atoms with van der Waals surface area (Å²) in [4.78, 5) is 23.5. The lowest BCUT2D eigenvalue weighted by Crippen LogP contribution is -2.48. The van der Waals surface area contributed by atoms with E-state index in [0.717, 1.165) is 47.0 Å². The van der Waals surface area contributed by atoms with E-state index in [1.807, 2.05) is 19.2 Å². The molecule has 1 amide bonds. The quantitative estimate of drug-likeness (QED) is 0.763. The van der Waals surface area contributed by atoms with Crippen molar-refractivity contribution in [2.45, 2.75) is 18.9 Å². The van der Waals surface area contributed by atoms with Gasteiger partial charge in [-0.1, -0.05) is 17.4 Å². The third-order valence-corrected chi connectivity index (χ3v) is 5.75. The van der Waals surface area contributed by atoms with Crippen LogP contribution in [-0.2, 0) is 7.05 Å². The number of imidazole rings is 1. The molecule has 3 heterocycles. The summed E-state index contributed by atoms with van der Waals surface area (Å²) in [6.45, 7) is 1.70. The third-order valence-electron chi connectivity index (χ3n) is 4.67. The van der Waals surface area contributed by atoms with Crippen LogP contribution in [0, 0.1) is 0 Å². The van der Waals surface area contributed by atoms with Gasteiger partial charge in [0.05, 0.1) is 24.3 Å². The summed E-state index contributed by atoms with van der Waals surface area (Å²) >= 11 is 1.66. The van der Waals surface area contributed by atoms with Crippen molar-refractivity contribution in [1.82, 2.24) is 19.9 Å². The molecule has 1 aliphatic rings. The highest BCUT2D eigenvalue weighted by Crippen LogP contribution is 2.34. The largest absolute Gasteiger partial charge is 0.494 e. The first-order chi connectivity index (χ1) is 12.7. The van der Waals surface area contributed by atoms with E-state index in [4.69, 9.17) is 9.72 Å². The molecule has 7 nitrogen and oxygen atoms in total. The minimum absolute atomic E-state index is 0.0807. The lowest BCUT2D eigenvalue weighted by atomic mass is 10.1. The maximum absolute atomic E-state index is 12.4. The standard InChI is InChI=1S/C18H21N5O2S/c1-22-11-19-9-13(22)17(24)20-12-5-4-8-23(10-12)18-21-16-14(25-2)6-3-7-15(16)26-18/h3,6-7,9,11-12H,4-5,8,10H2,1-2H3,(H,20,24). The fourth-order valence-electron chi connectivity index (χ4n) is 3.32. The Kier molecular flexibility index (Phi) is 4.50. The fraction of sp³-hybridized carbons (Fsp3) is 0.389. The van der Waals surface area contributed by atoms with E-state index >= 15 is 0 Å².